The maximum Gasteiger partial charge on any atom is 0.269 e. The van der Waals surface area contributed by atoms with E-state index >= 15 is 0 Å². The number of nitrogen functional groups attached to an aromatic ring is 1. The smallest absolute Gasteiger partial charge is 0.269 e. The second kappa shape index (κ2) is 5.05. The van der Waals surface area contributed by atoms with Gasteiger partial charge in [0.05, 0.1) is 0 Å². The molecule has 0 aliphatic rings. The Bertz CT molecular complexity index is 378. The van der Waals surface area contributed by atoms with E-state index in [0.29, 0.717) is 11.6 Å². The van der Waals surface area contributed by atoms with E-state index in [1.165, 1.54) is 4.68 Å². The number of nitrogens with zero attached hydrogens (tertiary/aromatic N) is 1. The van der Waals surface area contributed by atoms with Crippen LogP contribution in [0.5, 0.6) is 0 Å². The Morgan fingerprint density at radius 3 is 2.50 bits per heavy atom. The van der Waals surface area contributed by atoms with Crippen molar-refractivity contribution in [2.45, 2.75) is 39.5 Å². The number of hydrogen-bond donors (Lipinski definition) is 2. The molecule has 0 bridgehead atoms. The second-order valence-corrected chi connectivity index (χ2v) is 4.05. The summed E-state index contributed by atoms with van der Waals surface area (Å²) < 4.78 is 1.48. The number of amides is 1. The predicted octanol–water partition coefficient (Wildman–Crippen LogP) is 1.77. The molecular weight excluding hydrogens is 202 g/mol. The van der Waals surface area contributed by atoms with Gasteiger partial charge in [0.1, 0.15) is 5.69 Å². The van der Waals surface area contributed by atoms with Crippen LogP contribution in [0.1, 0.15) is 54.4 Å². The third kappa shape index (κ3) is 2.05. The summed E-state index contributed by atoms with van der Waals surface area (Å²) in [5.74, 6) is 6.17. The van der Waals surface area contributed by atoms with Crippen LogP contribution in [-0.4, -0.2) is 17.6 Å². The van der Waals surface area contributed by atoms with Crippen molar-refractivity contribution in [1.29, 1.82) is 0 Å². The van der Waals surface area contributed by atoms with Crippen LogP contribution in [0.3, 0.4) is 0 Å². The first kappa shape index (κ1) is 12.6. The van der Waals surface area contributed by atoms with E-state index in [4.69, 9.17) is 5.84 Å². The van der Waals surface area contributed by atoms with Crippen LogP contribution in [0.15, 0.2) is 6.07 Å². The molecular formula is C12H21N3O. The summed E-state index contributed by atoms with van der Waals surface area (Å²) in [5, 5.41) is 2.64. The lowest BCUT2D eigenvalue weighted by Crippen LogP contribution is -2.27. The van der Waals surface area contributed by atoms with Gasteiger partial charge in [-0.2, -0.15) is 0 Å². The number of carbonyl (C=O) groups excluding carboxylic acids is 1. The highest BCUT2D eigenvalue weighted by Gasteiger charge is 2.21. The van der Waals surface area contributed by atoms with E-state index in [-0.39, 0.29) is 5.91 Å². The van der Waals surface area contributed by atoms with Crippen molar-refractivity contribution in [1.82, 2.24) is 9.99 Å². The molecule has 0 radical (unpaired) electrons. The van der Waals surface area contributed by atoms with Gasteiger partial charge in [-0.25, -0.2) is 0 Å². The highest BCUT2D eigenvalue weighted by Crippen LogP contribution is 2.28. The molecule has 3 N–H and O–H groups in total. The van der Waals surface area contributed by atoms with Crippen LogP contribution < -0.4 is 11.2 Å². The zero-order valence-electron chi connectivity index (χ0n) is 10.5. The van der Waals surface area contributed by atoms with Crippen LogP contribution in [-0.2, 0) is 0 Å². The average Bonchev–Trinajstić information content (AvgIpc) is 2.57. The summed E-state index contributed by atoms with van der Waals surface area (Å²) in [7, 11) is 1.63. The van der Waals surface area contributed by atoms with Gasteiger partial charge < -0.3 is 11.2 Å². The first-order valence-corrected chi connectivity index (χ1v) is 5.76. The lowest BCUT2D eigenvalue weighted by molar-refractivity contribution is 0.0954. The number of nitrogens with one attached hydrogen (secondary N) is 1. The molecule has 0 aliphatic carbocycles. The Hall–Kier alpha value is -1.45. The summed E-state index contributed by atoms with van der Waals surface area (Å²) >= 11 is 0. The number of hydrogen-bond acceptors (Lipinski definition) is 2. The van der Waals surface area contributed by atoms with Crippen molar-refractivity contribution in [3.63, 3.8) is 0 Å². The maximum absolute atomic E-state index is 11.8. The molecule has 0 aromatic carbocycles. The monoisotopic (exact) mass is 223 g/mol. The Labute approximate surface area is 96.8 Å². The van der Waals surface area contributed by atoms with Crippen molar-refractivity contribution in [2.75, 3.05) is 12.9 Å². The van der Waals surface area contributed by atoms with Crippen LogP contribution in [0, 0.1) is 6.92 Å². The Balaban J connectivity index is 3.27. The molecule has 4 nitrogen and oxygen atoms in total. The quantitative estimate of drug-likeness (QED) is 0.764. The standard InChI is InChI=1S/C12H21N3O/c1-5-9(6-2)10-7-8(3)15(13)11(10)12(16)14-4/h7,9H,5-6,13H2,1-4H3,(H,14,16). The normalized spacial score (nSPS) is 10.8. The number of aryl methyl sites for hydroxylation is 1. The fourth-order valence-corrected chi connectivity index (χ4v) is 2.08. The minimum atomic E-state index is -0.113. The molecule has 0 unspecified atom stereocenters. The Morgan fingerprint density at radius 1 is 1.50 bits per heavy atom. The number of nitrogens with two attached hydrogens (primary N) is 1. The van der Waals surface area contributed by atoms with Crippen LogP contribution in [0.2, 0.25) is 0 Å². The zero-order valence-corrected chi connectivity index (χ0v) is 10.5. The van der Waals surface area contributed by atoms with E-state index in [0.717, 1.165) is 24.1 Å². The fraction of sp³-hybridized carbons (Fsp3) is 0.583. The number of rotatable bonds is 4. The third-order valence-corrected chi connectivity index (χ3v) is 3.13. The van der Waals surface area contributed by atoms with E-state index in [9.17, 15) is 4.79 Å². The Kier molecular flexibility index (Phi) is 3.99. The number of aromatic nitrogens is 1. The van der Waals surface area contributed by atoms with Crippen molar-refractivity contribution < 1.29 is 4.79 Å². The molecule has 0 atom stereocenters. The summed E-state index contributed by atoms with van der Waals surface area (Å²) in [6.45, 7) is 6.17. The van der Waals surface area contributed by atoms with E-state index < -0.39 is 0 Å². The summed E-state index contributed by atoms with van der Waals surface area (Å²) in [5.41, 5.74) is 2.57. The molecule has 90 valence electrons. The van der Waals surface area contributed by atoms with Gasteiger partial charge in [0.2, 0.25) is 0 Å². The largest absolute Gasteiger partial charge is 0.354 e. The van der Waals surface area contributed by atoms with Crippen molar-refractivity contribution in [2.24, 2.45) is 0 Å². The van der Waals surface area contributed by atoms with Crippen molar-refractivity contribution in [3.8, 4) is 0 Å². The van der Waals surface area contributed by atoms with Crippen LogP contribution in [0.25, 0.3) is 0 Å². The lowest BCUT2D eigenvalue weighted by atomic mass is 9.93. The SMILES string of the molecule is CCC(CC)c1cc(C)n(N)c1C(=O)NC. The van der Waals surface area contributed by atoms with Crippen molar-refractivity contribution >= 4 is 5.91 Å². The second-order valence-electron chi connectivity index (χ2n) is 4.05. The van der Waals surface area contributed by atoms with Gasteiger partial charge in [-0.05, 0) is 37.3 Å². The fourth-order valence-electron chi connectivity index (χ4n) is 2.08. The van der Waals surface area contributed by atoms with Gasteiger partial charge in [-0.1, -0.05) is 13.8 Å². The molecule has 1 rings (SSSR count). The lowest BCUT2D eigenvalue weighted by Gasteiger charge is -2.13. The third-order valence-electron chi connectivity index (χ3n) is 3.13. The van der Waals surface area contributed by atoms with Gasteiger partial charge in [0, 0.05) is 12.7 Å². The molecule has 1 amide bonds. The molecule has 0 fully saturated rings. The van der Waals surface area contributed by atoms with Gasteiger partial charge in [0.25, 0.3) is 5.91 Å². The molecule has 0 saturated heterocycles. The average molecular weight is 223 g/mol. The van der Waals surface area contributed by atoms with E-state index in [1.54, 1.807) is 7.05 Å². The minimum Gasteiger partial charge on any atom is -0.354 e. The molecule has 16 heavy (non-hydrogen) atoms. The van der Waals surface area contributed by atoms with E-state index in [1.807, 2.05) is 13.0 Å². The molecule has 1 heterocycles. The molecule has 4 heteroatoms. The predicted molar refractivity (Wildman–Crippen MR) is 66.0 cm³/mol. The van der Waals surface area contributed by atoms with Gasteiger partial charge in [0.15, 0.2) is 0 Å². The number of carbonyl (C=O) groups is 1. The topological polar surface area (TPSA) is 60.0 Å². The first-order chi connectivity index (χ1) is 7.56. The summed E-state index contributed by atoms with van der Waals surface area (Å²) in [4.78, 5) is 11.8. The highest BCUT2D eigenvalue weighted by atomic mass is 16.1. The molecule has 0 aliphatic heterocycles. The summed E-state index contributed by atoms with van der Waals surface area (Å²) in [6.07, 6.45) is 2.04. The molecule has 0 spiro atoms. The zero-order chi connectivity index (χ0) is 12.3. The maximum atomic E-state index is 11.8. The van der Waals surface area contributed by atoms with Crippen LogP contribution in [0.4, 0.5) is 0 Å². The Morgan fingerprint density at radius 2 is 2.06 bits per heavy atom. The first-order valence-electron chi connectivity index (χ1n) is 5.76. The minimum absolute atomic E-state index is 0.113. The molecule has 0 saturated carbocycles. The van der Waals surface area contributed by atoms with Gasteiger partial charge >= 0.3 is 0 Å². The highest BCUT2D eigenvalue weighted by molar-refractivity contribution is 5.94. The summed E-state index contributed by atoms with van der Waals surface area (Å²) in [6, 6.07) is 2.02. The van der Waals surface area contributed by atoms with Gasteiger partial charge in [-0.15, -0.1) is 0 Å². The van der Waals surface area contributed by atoms with Gasteiger partial charge in [-0.3, -0.25) is 9.47 Å². The molecule has 1 aromatic heterocycles. The van der Waals surface area contributed by atoms with Crippen molar-refractivity contribution in [3.05, 3.63) is 23.0 Å². The van der Waals surface area contributed by atoms with E-state index in [2.05, 4.69) is 19.2 Å². The molecule has 1 aromatic rings. The van der Waals surface area contributed by atoms with Crippen LogP contribution >= 0.6 is 0 Å².